The zero-order valence-corrected chi connectivity index (χ0v) is 9.73. The van der Waals surface area contributed by atoms with E-state index in [1.165, 1.54) is 0 Å². The molecule has 0 saturated heterocycles. The second-order valence-corrected chi connectivity index (χ2v) is 3.73. The number of rotatable bonds is 6. The van der Waals surface area contributed by atoms with Crippen molar-refractivity contribution in [2.45, 2.75) is 26.2 Å². The van der Waals surface area contributed by atoms with E-state index in [1.54, 1.807) is 0 Å². The Kier molecular flexibility index (Phi) is 5.12. The summed E-state index contributed by atoms with van der Waals surface area (Å²) >= 11 is 0. The van der Waals surface area contributed by atoms with Gasteiger partial charge in [0.2, 0.25) is 11.6 Å². The first-order chi connectivity index (χ1) is 8.47. The minimum absolute atomic E-state index is 0.0798. The normalized spacial score (nSPS) is 10.5. The van der Waals surface area contributed by atoms with Crippen LogP contribution in [0.3, 0.4) is 0 Å². The number of unbranched alkanes of at least 4 members (excludes halogenated alkanes) is 1. The minimum atomic E-state index is -1.64. The Morgan fingerprint density at radius 2 is 1.72 bits per heavy atom. The van der Waals surface area contributed by atoms with Crippen molar-refractivity contribution in [1.82, 2.24) is 0 Å². The van der Waals surface area contributed by atoms with Crippen molar-refractivity contribution in [3.8, 4) is 5.75 Å². The van der Waals surface area contributed by atoms with Gasteiger partial charge in [-0.25, -0.2) is 8.78 Å². The molecule has 0 aromatic heterocycles. The molecule has 0 heterocycles. The SMILES string of the molecule is CCCCC(=O)COc1c(F)c(F)cc(F)c1F. The lowest BCUT2D eigenvalue weighted by Gasteiger charge is -2.08. The first kappa shape index (κ1) is 14.5. The maximum atomic E-state index is 13.1. The van der Waals surface area contributed by atoms with Gasteiger partial charge in [-0.3, -0.25) is 4.79 Å². The molecule has 18 heavy (non-hydrogen) atoms. The standard InChI is InChI=1S/C12H12F4O2/c1-2-3-4-7(17)6-18-12-10(15)8(13)5-9(14)11(12)16/h5H,2-4,6H2,1H3. The molecule has 0 saturated carbocycles. The molecule has 0 amide bonds. The number of ketones is 1. The molecule has 1 aromatic rings. The van der Waals surface area contributed by atoms with Gasteiger partial charge in [-0.1, -0.05) is 13.3 Å². The Labute approximate surface area is 102 Å². The molecule has 0 fully saturated rings. The van der Waals surface area contributed by atoms with Crippen LogP contribution >= 0.6 is 0 Å². The molecule has 0 aliphatic carbocycles. The van der Waals surface area contributed by atoms with Crippen LogP contribution in [0.5, 0.6) is 5.75 Å². The van der Waals surface area contributed by atoms with Crippen molar-refractivity contribution in [3.63, 3.8) is 0 Å². The van der Waals surface area contributed by atoms with Crippen LogP contribution in [0, 0.1) is 23.3 Å². The number of carbonyl (C=O) groups excluding carboxylic acids is 1. The van der Waals surface area contributed by atoms with E-state index in [1.807, 2.05) is 6.92 Å². The summed E-state index contributed by atoms with van der Waals surface area (Å²) in [6.07, 6.45) is 1.59. The summed E-state index contributed by atoms with van der Waals surface area (Å²) < 4.78 is 56.4. The average molecular weight is 264 g/mol. The topological polar surface area (TPSA) is 26.3 Å². The zero-order valence-electron chi connectivity index (χ0n) is 9.73. The second-order valence-electron chi connectivity index (χ2n) is 3.73. The molecule has 2 nitrogen and oxygen atoms in total. The molecule has 6 heteroatoms. The summed E-state index contributed by atoms with van der Waals surface area (Å²) in [7, 11) is 0. The lowest BCUT2D eigenvalue weighted by atomic mass is 10.2. The Morgan fingerprint density at radius 3 is 2.22 bits per heavy atom. The maximum absolute atomic E-state index is 13.1. The predicted molar refractivity (Wildman–Crippen MR) is 56.3 cm³/mol. The van der Waals surface area contributed by atoms with Crippen molar-refractivity contribution in [2.75, 3.05) is 6.61 Å². The summed E-state index contributed by atoms with van der Waals surface area (Å²) in [4.78, 5) is 11.2. The van der Waals surface area contributed by atoms with Gasteiger partial charge in [0.05, 0.1) is 0 Å². The second kappa shape index (κ2) is 6.37. The van der Waals surface area contributed by atoms with E-state index in [-0.39, 0.29) is 18.3 Å². The van der Waals surface area contributed by atoms with Gasteiger partial charge in [0.25, 0.3) is 0 Å². The van der Waals surface area contributed by atoms with E-state index in [2.05, 4.69) is 4.74 Å². The van der Waals surface area contributed by atoms with Crippen molar-refractivity contribution in [1.29, 1.82) is 0 Å². The van der Waals surface area contributed by atoms with Crippen molar-refractivity contribution in [3.05, 3.63) is 29.3 Å². The molecule has 0 aliphatic heterocycles. The van der Waals surface area contributed by atoms with Gasteiger partial charge in [0, 0.05) is 12.5 Å². The number of carbonyl (C=O) groups is 1. The average Bonchev–Trinajstić information content (AvgIpc) is 2.34. The van der Waals surface area contributed by atoms with E-state index in [4.69, 9.17) is 0 Å². The van der Waals surface area contributed by atoms with Gasteiger partial charge in [-0.05, 0) is 6.42 Å². The Hall–Kier alpha value is -1.59. The van der Waals surface area contributed by atoms with E-state index in [0.29, 0.717) is 6.42 Å². The first-order valence-corrected chi connectivity index (χ1v) is 5.44. The summed E-state index contributed by atoms with van der Waals surface area (Å²) in [6, 6.07) is 0.0798. The summed E-state index contributed by atoms with van der Waals surface area (Å²) in [5.74, 6) is -8.00. The minimum Gasteiger partial charge on any atom is -0.480 e. The van der Waals surface area contributed by atoms with Gasteiger partial charge in [0.1, 0.15) is 6.61 Å². The molecule has 0 bridgehead atoms. The number of hydrogen-bond donors (Lipinski definition) is 0. The fourth-order valence-electron chi connectivity index (χ4n) is 1.28. The molecule has 0 aliphatic rings. The number of ether oxygens (including phenoxy) is 1. The molecular weight excluding hydrogens is 252 g/mol. The summed E-state index contributed by atoms with van der Waals surface area (Å²) in [5.41, 5.74) is 0. The Balaban J connectivity index is 2.76. The van der Waals surface area contributed by atoms with Crippen LogP contribution < -0.4 is 4.74 Å². The van der Waals surface area contributed by atoms with Gasteiger partial charge >= 0.3 is 0 Å². The molecule has 1 rings (SSSR count). The van der Waals surface area contributed by atoms with E-state index in [0.717, 1.165) is 6.42 Å². The van der Waals surface area contributed by atoms with Gasteiger partial charge in [0.15, 0.2) is 23.2 Å². The monoisotopic (exact) mass is 264 g/mol. The molecule has 0 atom stereocenters. The lowest BCUT2D eigenvalue weighted by Crippen LogP contribution is -2.13. The molecule has 0 N–H and O–H groups in total. The van der Waals surface area contributed by atoms with E-state index < -0.39 is 35.6 Å². The third-order valence-corrected chi connectivity index (χ3v) is 2.26. The van der Waals surface area contributed by atoms with E-state index >= 15 is 0 Å². The first-order valence-electron chi connectivity index (χ1n) is 5.44. The van der Waals surface area contributed by atoms with Crippen LogP contribution in [-0.2, 0) is 4.79 Å². The van der Waals surface area contributed by atoms with Gasteiger partial charge < -0.3 is 4.74 Å². The largest absolute Gasteiger partial charge is 0.480 e. The fourth-order valence-corrected chi connectivity index (χ4v) is 1.28. The summed E-state index contributed by atoms with van der Waals surface area (Å²) in [6.45, 7) is 1.26. The number of halogens is 4. The zero-order chi connectivity index (χ0) is 13.7. The molecule has 0 radical (unpaired) electrons. The van der Waals surface area contributed by atoms with Crippen LogP contribution in [0.15, 0.2) is 6.07 Å². The summed E-state index contributed by atoms with van der Waals surface area (Å²) in [5, 5.41) is 0. The molecule has 0 unspecified atom stereocenters. The fraction of sp³-hybridized carbons (Fsp3) is 0.417. The predicted octanol–water partition coefficient (Wildman–Crippen LogP) is 3.38. The Bertz CT molecular complexity index is 420. The Morgan fingerprint density at radius 1 is 1.17 bits per heavy atom. The highest BCUT2D eigenvalue weighted by molar-refractivity contribution is 5.79. The highest BCUT2D eigenvalue weighted by atomic mass is 19.2. The lowest BCUT2D eigenvalue weighted by molar-refractivity contribution is -0.121. The van der Waals surface area contributed by atoms with Crippen LogP contribution in [0.2, 0.25) is 0 Å². The van der Waals surface area contributed by atoms with Crippen LogP contribution in [0.1, 0.15) is 26.2 Å². The van der Waals surface area contributed by atoms with E-state index in [9.17, 15) is 22.4 Å². The smallest absolute Gasteiger partial charge is 0.203 e. The van der Waals surface area contributed by atoms with Crippen LogP contribution in [0.25, 0.3) is 0 Å². The van der Waals surface area contributed by atoms with Crippen molar-refractivity contribution < 1.29 is 27.1 Å². The molecular formula is C12H12F4O2. The number of hydrogen-bond acceptors (Lipinski definition) is 2. The van der Waals surface area contributed by atoms with Gasteiger partial charge in [-0.2, -0.15) is 8.78 Å². The number of Topliss-reactive ketones (excluding diaryl/α,β-unsaturated/α-hetero) is 1. The quantitative estimate of drug-likeness (QED) is 0.581. The molecule has 1 aromatic carbocycles. The highest BCUT2D eigenvalue weighted by Gasteiger charge is 2.21. The molecule has 0 spiro atoms. The van der Waals surface area contributed by atoms with Crippen LogP contribution in [0.4, 0.5) is 17.6 Å². The maximum Gasteiger partial charge on any atom is 0.203 e. The highest BCUT2D eigenvalue weighted by Crippen LogP contribution is 2.26. The molecule has 100 valence electrons. The third kappa shape index (κ3) is 3.45. The van der Waals surface area contributed by atoms with Crippen molar-refractivity contribution in [2.24, 2.45) is 0 Å². The number of benzene rings is 1. The van der Waals surface area contributed by atoms with Gasteiger partial charge in [-0.15, -0.1) is 0 Å². The van der Waals surface area contributed by atoms with Crippen LogP contribution in [-0.4, -0.2) is 12.4 Å². The third-order valence-electron chi connectivity index (χ3n) is 2.26. The van der Waals surface area contributed by atoms with Crippen molar-refractivity contribution >= 4 is 5.78 Å².